The second kappa shape index (κ2) is 3.57. The van der Waals surface area contributed by atoms with Crippen LogP contribution in [0.1, 0.15) is 6.92 Å². The lowest BCUT2D eigenvalue weighted by molar-refractivity contribution is 0.195. The molecule has 0 fully saturated rings. The number of amides is 1. The number of hydrogen-bond donors (Lipinski definition) is 1. The van der Waals surface area contributed by atoms with E-state index in [2.05, 4.69) is 20.9 Å². The average Bonchev–Trinajstić information content (AvgIpc) is 2.37. The van der Waals surface area contributed by atoms with Gasteiger partial charge in [0.2, 0.25) is 0 Å². The fourth-order valence-corrected chi connectivity index (χ4v) is 1.12. The fourth-order valence-electron chi connectivity index (χ4n) is 0.819. The van der Waals surface area contributed by atoms with Crippen LogP contribution in [0.25, 0.3) is 0 Å². The van der Waals surface area contributed by atoms with Crippen molar-refractivity contribution in [2.24, 2.45) is 0 Å². The van der Waals surface area contributed by atoms with Gasteiger partial charge in [0.1, 0.15) is 10.9 Å². The second-order valence-electron chi connectivity index (χ2n) is 2.07. The molecule has 0 saturated carbocycles. The normalized spacial score (nSPS) is 9.83. The Bertz CT molecular complexity index is 286. The lowest BCUT2D eigenvalue weighted by Gasteiger charge is -2.16. The summed E-state index contributed by atoms with van der Waals surface area (Å²) in [6, 6.07) is 0. The van der Waals surface area contributed by atoms with E-state index < -0.39 is 6.09 Å². The Morgan fingerprint density at radius 1 is 1.92 bits per heavy atom. The number of halogens is 1. The van der Waals surface area contributed by atoms with E-state index in [9.17, 15) is 4.79 Å². The molecule has 0 aliphatic carbocycles. The zero-order chi connectivity index (χ0) is 9.14. The smallest absolute Gasteiger partial charge is 0.426 e. The number of rotatable bonds is 2. The number of aromatic nitrogens is 2. The number of imidazole rings is 1. The van der Waals surface area contributed by atoms with Crippen molar-refractivity contribution in [1.29, 1.82) is 0 Å². The lowest BCUT2D eigenvalue weighted by atomic mass is 10.7. The maximum atomic E-state index is 10.6. The van der Waals surface area contributed by atoms with Crippen molar-refractivity contribution >= 4 is 22.0 Å². The van der Waals surface area contributed by atoms with Crippen LogP contribution in [0, 0.1) is 0 Å². The van der Waals surface area contributed by atoms with Crippen molar-refractivity contribution in [2.75, 3.05) is 11.6 Å². The molecule has 1 amide bonds. The maximum absolute atomic E-state index is 10.6. The van der Waals surface area contributed by atoms with Crippen LogP contribution in [0.4, 0.5) is 4.79 Å². The Morgan fingerprint density at radius 2 is 2.58 bits per heavy atom. The van der Waals surface area contributed by atoms with Gasteiger partial charge in [-0.1, -0.05) is 0 Å². The molecule has 0 bridgehead atoms. The summed E-state index contributed by atoms with van der Waals surface area (Å²) in [5, 5.41) is 9.83. The average molecular weight is 234 g/mol. The molecule has 66 valence electrons. The minimum atomic E-state index is -0.998. The van der Waals surface area contributed by atoms with Crippen LogP contribution in [0.2, 0.25) is 0 Å². The first-order valence-electron chi connectivity index (χ1n) is 3.35. The SMILES string of the molecule is CCN(C(=O)O)n1cnc(Br)c1. The van der Waals surface area contributed by atoms with Gasteiger partial charge in [-0.25, -0.2) is 19.5 Å². The highest BCUT2D eigenvalue weighted by molar-refractivity contribution is 9.10. The topological polar surface area (TPSA) is 58.4 Å². The van der Waals surface area contributed by atoms with Gasteiger partial charge in [0.25, 0.3) is 0 Å². The van der Waals surface area contributed by atoms with Crippen LogP contribution in [0.5, 0.6) is 0 Å². The highest BCUT2D eigenvalue weighted by Gasteiger charge is 2.10. The summed E-state index contributed by atoms with van der Waals surface area (Å²) in [4.78, 5) is 14.4. The van der Waals surface area contributed by atoms with E-state index in [1.807, 2.05) is 0 Å². The molecule has 1 aromatic heterocycles. The number of carbonyl (C=O) groups is 1. The third-order valence-corrected chi connectivity index (χ3v) is 1.75. The first kappa shape index (κ1) is 9.05. The number of carboxylic acid groups (broad SMARTS) is 1. The molecule has 0 aromatic carbocycles. The lowest BCUT2D eigenvalue weighted by Crippen LogP contribution is -2.38. The van der Waals surface area contributed by atoms with E-state index in [1.165, 1.54) is 11.0 Å². The molecule has 0 saturated heterocycles. The Kier molecular flexibility index (Phi) is 2.69. The second-order valence-corrected chi connectivity index (χ2v) is 2.89. The van der Waals surface area contributed by atoms with Gasteiger partial charge in [-0.2, -0.15) is 0 Å². The van der Waals surface area contributed by atoms with E-state index in [0.29, 0.717) is 11.1 Å². The van der Waals surface area contributed by atoms with E-state index in [-0.39, 0.29) is 0 Å². The van der Waals surface area contributed by atoms with Crippen LogP contribution in [-0.2, 0) is 0 Å². The fraction of sp³-hybridized carbons (Fsp3) is 0.333. The number of hydrogen-bond acceptors (Lipinski definition) is 2. The van der Waals surface area contributed by atoms with Crippen molar-refractivity contribution in [3.05, 3.63) is 17.1 Å². The summed E-state index contributed by atoms with van der Waals surface area (Å²) in [6.07, 6.45) is 2.02. The van der Waals surface area contributed by atoms with Crippen LogP contribution in [-0.4, -0.2) is 27.4 Å². The molecule has 0 aliphatic rings. The van der Waals surface area contributed by atoms with Gasteiger partial charge < -0.3 is 5.11 Å². The maximum Gasteiger partial charge on any atom is 0.426 e. The predicted molar refractivity (Wildman–Crippen MR) is 46.7 cm³/mol. The summed E-state index contributed by atoms with van der Waals surface area (Å²) in [6.45, 7) is 2.14. The molecule has 0 aliphatic heterocycles. The Hall–Kier alpha value is -1.04. The Balaban J connectivity index is 2.87. The molecule has 1 aromatic rings. The summed E-state index contributed by atoms with van der Waals surface area (Å²) in [5.74, 6) is 0. The van der Waals surface area contributed by atoms with Crippen molar-refractivity contribution in [2.45, 2.75) is 6.92 Å². The van der Waals surface area contributed by atoms with Gasteiger partial charge in [0.05, 0.1) is 6.20 Å². The zero-order valence-corrected chi connectivity index (χ0v) is 8.02. The molecule has 1 heterocycles. The molecule has 0 unspecified atom stereocenters. The zero-order valence-electron chi connectivity index (χ0n) is 6.44. The standard InChI is InChI=1S/C6H8BrN3O2/c1-2-10(6(11)12)9-3-5(7)8-4-9/h3-4H,2H2,1H3,(H,11,12). The van der Waals surface area contributed by atoms with Crippen molar-refractivity contribution in [3.8, 4) is 0 Å². The summed E-state index contributed by atoms with van der Waals surface area (Å²) in [7, 11) is 0. The molecule has 1 rings (SSSR count). The molecule has 5 nitrogen and oxygen atoms in total. The quantitative estimate of drug-likeness (QED) is 0.838. The van der Waals surface area contributed by atoms with Crippen LogP contribution in [0.3, 0.4) is 0 Å². The Morgan fingerprint density at radius 3 is 2.92 bits per heavy atom. The monoisotopic (exact) mass is 233 g/mol. The summed E-state index contributed by atoms with van der Waals surface area (Å²) in [5.41, 5.74) is 0. The highest BCUT2D eigenvalue weighted by atomic mass is 79.9. The van der Waals surface area contributed by atoms with Crippen molar-refractivity contribution in [1.82, 2.24) is 9.66 Å². The van der Waals surface area contributed by atoms with Gasteiger partial charge in [-0.15, -0.1) is 0 Å². The van der Waals surface area contributed by atoms with E-state index in [0.717, 1.165) is 5.01 Å². The molecular formula is C6H8BrN3O2. The molecule has 0 spiro atoms. The third-order valence-electron chi connectivity index (χ3n) is 1.34. The third kappa shape index (κ3) is 1.76. The Labute approximate surface area is 77.7 Å². The predicted octanol–water partition coefficient (Wildman–Crippen LogP) is 1.28. The molecule has 0 atom stereocenters. The molecule has 6 heteroatoms. The minimum absolute atomic E-state index is 0.387. The summed E-state index contributed by atoms with van der Waals surface area (Å²) < 4.78 is 2.02. The van der Waals surface area contributed by atoms with E-state index >= 15 is 0 Å². The van der Waals surface area contributed by atoms with Crippen LogP contribution in [0.15, 0.2) is 17.1 Å². The van der Waals surface area contributed by atoms with Gasteiger partial charge in [0, 0.05) is 6.54 Å². The van der Waals surface area contributed by atoms with E-state index in [4.69, 9.17) is 5.11 Å². The van der Waals surface area contributed by atoms with Gasteiger partial charge in [-0.3, -0.25) is 0 Å². The minimum Gasteiger partial charge on any atom is -0.464 e. The number of nitrogens with zero attached hydrogens (tertiary/aromatic N) is 3. The molecular weight excluding hydrogens is 226 g/mol. The molecule has 1 N–H and O–H groups in total. The highest BCUT2D eigenvalue weighted by Crippen LogP contribution is 2.04. The summed E-state index contributed by atoms with van der Waals surface area (Å²) >= 11 is 3.13. The van der Waals surface area contributed by atoms with Gasteiger partial charge >= 0.3 is 6.09 Å². The van der Waals surface area contributed by atoms with Gasteiger partial charge in [-0.05, 0) is 22.9 Å². The first-order chi connectivity index (χ1) is 5.65. The van der Waals surface area contributed by atoms with Crippen LogP contribution < -0.4 is 5.01 Å². The molecule has 0 radical (unpaired) electrons. The largest absolute Gasteiger partial charge is 0.464 e. The van der Waals surface area contributed by atoms with Gasteiger partial charge in [0.15, 0.2) is 0 Å². The molecule has 12 heavy (non-hydrogen) atoms. The van der Waals surface area contributed by atoms with E-state index in [1.54, 1.807) is 13.1 Å². The van der Waals surface area contributed by atoms with Crippen molar-refractivity contribution in [3.63, 3.8) is 0 Å². The van der Waals surface area contributed by atoms with Crippen LogP contribution >= 0.6 is 15.9 Å². The first-order valence-corrected chi connectivity index (χ1v) is 4.14. The van der Waals surface area contributed by atoms with Crippen molar-refractivity contribution < 1.29 is 9.90 Å².